The van der Waals surface area contributed by atoms with Crippen LogP contribution in [-0.2, 0) is 31.0 Å². The maximum absolute atomic E-state index is 10.9. The van der Waals surface area contributed by atoms with Gasteiger partial charge in [0.1, 0.15) is 0 Å². The van der Waals surface area contributed by atoms with Gasteiger partial charge in [0.2, 0.25) is 0 Å². The van der Waals surface area contributed by atoms with Crippen molar-refractivity contribution < 1.29 is 9.53 Å². The fourth-order valence-electron chi connectivity index (χ4n) is 1.28. The van der Waals surface area contributed by atoms with E-state index in [0.717, 1.165) is 29.1 Å². The fourth-order valence-corrected chi connectivity index (χ4v) is 2.76. The molecule has 0 fully saturated rings. The average Bonchev–Trinajstić information content (AvgIpc) is 2.35. The average molecular weight is 411 g/mol. The second kappa shape index (κ2) is 18.7. The van der Waals surface area contributed by atoms with Gasteiger partial charge >= 0.3 is 52.7 Å². The van der Waals surface area contributed by atoms with E-state index in [2.05, 4.69) is 32.0 Å². The van der Waals surface area contributed by atoms with E-state index in [1.165, 1.54) is 30.1 Å². The third-order valence-electron chi connectivity index (χ3n) is 2.40. The van der Waals surface area contributed by atoms with Crippen LogP contribution in [0, 0.1) is 5.92 Å². The van der Waals surface area contributed by atoms with Crippen LogP contribution in [0.2, 0.25) is 4.44 Å². The zero-order valence-corrected chi connectivity index (χ0v) is 17.1. The van der Waals surface area contributed by atoms with Gasteiger partial charge in [0.25, 0.3) is 27.3 Å². The molecule has 0 aromatic rings. The van der Waals surface area contributed by atoms with Crippen molar-refractivity contribution in [1.29, 1.82) is 0 Å². The number of unbranched alkanes of at least 4 members (excludes halogenated alkanes) is 3. The molecule has 0 N–H and O–H groups in total. The van der Waals surface area contributed by atoms with Crippen LogP contribution in [0.3, 0.4) is 0 Å². The normalized spacial score (nSPS) is 9.74. The monoisotopic (exact) mass is 412 g/mol. The van der Waals surface area contributed by atoms with Gasteiger partial charge < -0.3 is 4.74 Å². The summed E-state index contributed by atoms with van der Waals surface area (Å²) in [5.74, 6) is 0.879. The van der Waals surface area contributed by atoms with Gasteiger partial charge in [0.05, 0.1) is 6.61 Å². The molecule has 0 aliphatic heterocycles. The van der Waals surface area contributed by atoms with Crippen molar-refractivity contribution in [2.24, 2.45) is 5.92 Å². The van der Waals surface area contributed by atoms with Crippen LogP contribution in [0.15, 0.2) is 0 Å². The predicted octanol–water partition coefficient (Wildman–Crippen LogP) is 3.66. The third kappa shape index (κ3) is 24.1. The Morgan fingerprint density at radius 1 is 1.26 bits per heavy atom. The molecule has 111 valence electrons. The van der Waals surface area contributed by atoms with Gasteiger partial charge in [-0.1, -0.05) is 33.1 Å². The molecule has 2 nitrogen and oxygen atoms in total. The molecule has 0 aliphatic carbocycles. The van der Waals surface area contributed by atoms with Gasteiger partial charge in [-0.2, -0.15) is 0 Å². The Hall–Kier alpha value is 0.709. The summed E-state index contributed by atoms with van der Waals surface area (Å²) < 4.78 is 6.40. The Labute approximate surface area is 141 Å². The molecular weight excluding hydrogens is 383 g/mol. The van der Waals surface area contributed by atoms with Crippen LogP contribution < -0.4 is 0 Å². The van der Waals surface area contributed by atoms with E-state index in [9.17, 15) is 4.79 Å². The van der Waals surface area contributed by atoms with Crippen molar-refractivity contribution in [3.8, 4) is 0 Å². The molecule has 0 bridgehead atoms. The summed E-state index contributed by atoms with van der Waals surface area (Å²) in [6, 6.07) is 0. The van der Waals surface area contributed by atoms with Crippen molar-refractivity contribution in [1.82, 2.24) is 0 Å². The molecule has 0 amide bonds. The molecular formula is C14H28O2S2Sn+. The molecule has 0 rings (SSSR count). The van der Waals surface area contributed by atoms with Gasteiger partial charge in [-0.3, -0.25) is 0 Å². The molecule has 0 spiro atoms. The van der Waals surface area contributed by atoms with Crippen LogP contribution in [0.4, 0.5) is 0 Å². The summed E-state index contributed by atoms with van der Waals surface area (Å²) in [4.78, 5) is 10.9. The minimum absolute atomic E-state index is 0.186. The summed E-state index contributed by atoms with van der Waals surface area (Å²) in [7, 11) is 1.09. The number of ether oxygens (including phenoxy) is 1. The second-order valence-electron chi connectivity index (χ2n) is 4.83. The van der Waals surface area contributed by atoms with Crippen molar-refractivity contribution in [2.75, 3.05) is 12.4 Å². The third-order valence-corrected chi connectivity index (χ3v) is 4.11. The van der Waals surface area contributed by atoms with E-state index >= 15 is 0 Å². The van der Waals surface area contributed by atoms with Crippen LogP contribution in [0.1, 0.15) is 59.3 Å². The Morgan fingerprint density at radius 2 is 1.95 bits per heavy atom. The molecule has 0 aromatic carbocycles. The number of hydrogen-bond donors (Lipinski definition) is 0. The minimum atomic E-state index is -0.186. The van der Waals surface area contributed by atoms with Gasteiger partial charge in [0, 0.05) is 0 Å². The summed E-state index contributed by atoms with van der Waals surface area (Å²) in [6.07, 6.45) is 7.40. The SMILES string of the molecule is CC(C)CCCCCOC(=O)C[S+]=S.CCC[CH2][Sn]. The maximum atomic E-state index is 10.9. The first-order valence-electron chi connectivity index (χ1n) is 7.13. The number of rotatable bonds is 10. The Balaban J connectivity index is 0. The molecule has 3 radical (unpaired) electrons. The summed E-state index contributed by atoms with van der Waals surface area (Å²) in [6.45, 7) is 7.22. The van der Waals surface area contributed by atoms with Gasteiger partial charge in [-0.25, -0.2) is 4.79 Å². The first-order valence-corrected chi connectivity index (χ1v) is 11.1. The van der Waals surface area contributed by atoms with Gasteiger partial charge in [-0.15, -0.1) is 0 Å². The van der Waals surface area contributed by atoms with Crippen LogP contribution in [0.25, 0.3) is 0 Å². The van der Waals surface area contributed by atoms with Crippen LogP contribution >= 0.6 is 0 Å². The zero-order chi connectivity index (χ0) is 14.9. The molecule has 0 saturated heterocycles. The van der Waals surface area contributed by atoms with Crippen molar-refractivity contribution >= 4 is 50.0 Å². The Kier molecular flexibility index (Phi) is 21.7. The fraction of sp³-hybridized carbons (Fsp3) is 0.929. The van der Waals surface area contributed by atoms with E-state index in [1.54, 1.807) is 22.5 Å². The van der Waals surface area contributed by atoms with Crippen molar-refractivity contribution in [3.63, 3.8) is 0 Å². The number of carbonyl (C=O) groups is 1. The summed E-state index contributed by atoms with van der Waals surface area (Å²) >= 11 is 6.28. The van der Waals surface area contributed by atoms with Crippen LogP contribution in [-0.4, -0.2) is 40.9 Å². The molecule has 19 heavy (non-hydrogen) atoms. The molecule has 0 heterocycles. The number of esters is 1. The van der Waals surface area contributed by atoms with Gasteiger partial charge in [-0.05, 0) is 12.3 Å². The topological polar surface area (TPSA) is 26.3 Å². The standard InChI is InChI=1S/C10H19O2S2.C4H9.Sn/c1-9(2)6-4-3-5-7-12-10(11)8-14-13;1-3-4-2;/h9H,3-8H2,1-2H3;1,3-4H2,2H3;/q+1;;. The quantitative estimate of drug-likeness (QED) is 0.238. The zero-order valence-electron chi connectivity index (χ0n) is 12.6. The van der Waals surface area contributed by atoms with Crippen LogP contribution in [0.5, 0.6) is 0 Å². The molecule has 0 aliphatic rings. The molecule has 0 aromatic heterocycles. The Bertz CT molecular complexity index is 210. The van der Waals surface area contributed by atoms with E-state index in [-0.39, 0.29) is 5.97 Å². The van der Waals surface area contributed by atoms with Crippen molar-refractivity contribution in [3.05, 3.63) is 0 Å². The first-order chi connectivity index (χ1) is 9.08. The molecule has 0 atom stereocenters. The van der Waals surface area contributed by atoms with E-state index < -0.39 is 0 Å². The first kappa shape index (κ1) is 22.0. The van der Waals surface area contributed by atoms with Gasteiger partial charge in [0.15, 0.2) is 0 Å². The Morgan fingerprint density at radius 3 is 2.37 bits per heavy atom. The van der Waals surface area contributed by atoms with E-state index in [1.807, 2.05) is 0 Å². The van der Waals surface area contributed by atoms with E-state index in [4.69, 9.17) is 4.74 Å². The summed E-state index contributed by atoms with van der Waals surface area (Å²) in [5.41, 5.74) is 0. The number of hydrogen-bond acceptors (Lipinski definition) is 3. The summed E-state index contributed by atoms with van der Waals surface area (Å²) in [5, 5.41) is 0. The molecule has 0 unspecified atom stereocenters. The predicted molar refractivity (Wildman–Crippen MR) is 89.3 cm³/mol. The van der Waals surface area contributed by atoms with Crippen molar-refractivity contribution in [2.45, 2.75) is 63.7 Å². The number of carbonyl (C=O) groups excluding carboxylic acids is 1. The molecule has 5 heteroatoms. The second-order valence-corrected chi connectivity index (χ2v) is 7.49. The van der Waals surface area contributed by atoms with E-state index in [0.29, 0.717) is 12.4 Å². The molecule has 0 saturated carbocycles.